The van der Waals surface area contributed by atoms with Gasteiger partial charge in [-0.2, -0.15) is 0 Å². The Hall–Kier alpha value is -1.32. The van der Waals surface area contributed by atoms with E-state index in [1.807, 2.05) is 6.08 Å². The van der Waals surface area contributed by atoms with Crippen LogP contribution in [0.2, 0.25) is 0 Å². The zero-order chi connectivity index (χ0) is 14.8. The smallest absolute Gasteiger partial charge is 0.325 e. The lowest BCUT2D eigenvalue weighted by molar-refractivity contribution is -0.173. The van der Waals surface area contributed by atoms with E-state index >= 15 is 0 Å². The summed E-state index contributed by atoms with van der Waals surface area (Å²) in [6, 6.07) is 0. The second kappa shape index (κ2) is 5.58. The Morgan fingerprint density at radius 2 is 2.00 bits per heavy atom. The van der Waals surface area contributed by atoms with E-state index in [0.29, 0.717) is 6.61 Å². The maximum Gasteiger partial charge on any atom is 0.325 e. The average Bonchev–Trinajstić information content (AvgIpc) is 2.90. The van der Waals surface area contributed by atoms with Crippen LogP contribution in [0.4, 0.5) is 0 Å². The van der Waals surface area contributed by atoms with Crippen molar-refractivity contribution in [1.29, 1.82) is 0 Å². The molecule has 0 bridgehead atoms. The third-order valence-electron chi connectivity index (χ3n) is 4.69. The van der Waals surface area contributed by atoms with Crippen molar-refractivity contribution in [3.63, 3.8) is 0 Å². The Labute approximate surface area is 120 Å². The molecule has 1 fully saturated rings. The highest BCUT2D eigenvalue weighted by atomic mass is 16.6. The molecular weight excluding hydrogens is 256 g/mol. The molecule has 2 aliphatic rings. The molecule has 0 aromatic heterocycles. The fourth-order valence-electron chi connectivity index (χ4n) is 4.02. The molecule has 4 nitrogen and oxygen atoms in total. The first-order valence-electron chi connectivity index (χ1n) is 7.62. The molecule has 1 heterocycles. The van der Waals surface area contributed by atoms with Crippen LogP contribution in [0.3, 0.4) is 0 Å². The molecule has 4 heteroatoms. The molecular formula is C16H24O4. The number of carbonyl (C=O) groups is 2. The summed E-state index contributed by atoms with van der Waals surface area (Å²) in [5, 5.41) is 0. The summed E-state index contributed by atoms with van der Waals surface area (Å²) in [5.41, 5.74) is -1.59. The Bertz CT molecular complexity index is 420. The Balaban J connectivity index is 2.51. The monoisotopic (exact) mass is 280 g/mol. The SMILES string of the molecule is CCCC1(CCC)C=C[C@H]2COC(=O)[C@]21C(=O)OCC. The molecule has 0 unspecified atom stereocenters. The van der Waals surface area contributed by atoms with E-state index in [2.05, 4.69) is 19.9 Å². The van der Waals surface area contributed by atoms with E-state index in [9.17, 15) is 9.59 Å². The lowest BCUT2D eigenvalue weighted by Crippen LogP contribution is -2.52. The maximum absolute atomic E-state index is 12.7. The third-order valence-corrected chi connectivity index (χ3v) is 4.69. The van der Waals surface area contributed by atoms with Gasteiger partial charge in [-0.15, -0.1) is 0 Å². The summed E-state index contributed by atoms with van der Waals surface area (Å²) in [7, 11) is 0. The van der Waals surface area contributed by atoms with E-state index in [-0.39, 0.29) is 12.5 Å². The van der Waals surface area contributed by atoms with Gasteiger partial charge >= 0.3 is 11.9 Å². The number of rotatable bonds is 6. The number of cyclic esters (lactones) is 1. The first kappa shape index (κ1) is 15.1. The number of fused-ring (bicyclic) bond motifs is 1. The summed E-state index contributed by atoms with van der Waals surface area (Å²) in [6.07, 6.45) is 7.54. The van der Waals surface area contributed by atoms with Crippen molar-refractivity contribution < 1.29 is 19.1 Å². The van der Waals surface area contributed by atoms with Crippen molar-refractivity contribution in [3.8, 4) is 0 Å². The number of hydrogen-bond donors (Lipinski definition) is 0. The summed E-state index contributed by atoms with van der Waals surface area (Å²) in [5.74, 6) is -0.973. The topological polar surface area (TPSA) is 52.6 Å². The van der Waals surface area contributed by atoms with Crippen molar-refractivity contribution >= 4 is 11.9 Å². The van der Waals surface area contributed by atoms with Gasteiger partial charge in [-0.1, -0.05) is 38.8 Å². The van der Waals surface area contributed by atoms with Crippen LogP contribution >= 0.6 is 0 Å². The van der Waals surface area contributed by atoms with E-state index in [0.717, 1.165) is 25.7 Å². The van der Waals surface area contributed by atoms with Crippen molar-refractivity contribution in [1.82, 2.24) is 0 Å². The van der Waals surface area contributed by atoms with Crippen LogP contribution in [-0.4, -0.2) is 25.2 Å². The van der Waals surface area contributed by atoms with Crippen LogP contribution in [0.15, 0.2) is 12.2 Å². The molecule has 0 aromatic carbocycles. The van der Waals surface area contributed by atoms with Gasteiger partial charge in [-0.25, -0.2) is 0 Å². The lowest BCUT2D eigenvalue weighted by Gasteiger charge is -2.41. The van der Waals surface area contributed by atoms with Gasteiger partial charge < -0.3 is 9.47 Å². The van der Waals surface area contributed by atoms with Gasteiger partial charge in [0.1, 0.15) is 0 Å². The zero-order valence-electron chi connectivity index (χ0n) is 12.6. The van der Waals surface area contributed by atoms with Crippen molar-refractivity contribution in [2.75, 3.05) is 13.2 Å². The van der Waals surface area contributed by atoms with E-state index in [1.54, 1.807) is 6.92 Å². The highest BCUT2D eigenvalue weighted by Gasteiger charge is 2.70. The highest BCUT2D eigenvalue weighted by molar-refractivity contribution is 6.04. The molecule has 0 saturated carbocycles. The molecule has 1 saturated heterocycles. The summed E-state index contributed by atoms with van der Waals surface area (Å²) < 4.78 is 10.5. The molecule has 0 aromatic rings. The molecule has 0 radical (unpaired) electrons. The normalized spacial score (nSPS) is 30.1. The van der Waals surface area contributed by atoms with Gasteiger partial charge in [0.05, 0.1) is 13.2 Å². The van der Waals surface area contributed by atoms with E-state index in [1.165, 1.54) is 0 Å². The van der Waals surface area contributed by atoms with Gasteiger partial charge in [0.2, 0.25) is 0 Å². The lowest BCUT2D eigenvalue weighted by atomic mass is 9.58. The minimum absolute atomic E-state index is 0.174. The van der Waals surface area contributed by atoms with Crippen LogP contribution in [0.5, 0.6) is 0 Å². The number of carbonyl (C=O) groups excluding carboxylic acids is 2. The fourth-order valence-corrected chi connectivity index (χ4v) is 4.02. The first-order valence-corrected chi connectivity index (χ1v) is 7.62. The minimum Gasteiger partial charge on any atom is -0.465 e. The summed E-state index contributed by atoms with van der Waals surface area (Å²) in [6.45, 7) is 6.52. The molecule has 0 amide bonds. The number of esters is 2. The average molecular weight is 280 g/mol. The predicted octanol–water partition coefficient (Wildman–Crippen LogP) is 2.87. The Morgan fingerprint density at radius 1 is 1.35 bits per heavy atom. The zero-order valence-corrected chi connectivity index (χ0v) is 12.6. The molecule has 2 rings (SSSR count). The van der Waals surface area contributed by atoms with Crippen LogP contribution in [0.25, 0.3) is 0 Å². The van der Waals surface area contributed by atoms with Crippen LogP contribution in [0, 0.1) is 16.7 Å². The summed E-state index contributed by atoms with van der Waals surface area (Å²) >= 11 is 0. The molecule has 20 heavy (non-hydrogen) atoms. The second-order valence-electron chi connectivity index (χ2n) is 5.75. The second-order valence-corrected chi connectivity index (χ2v) is 5.75. The largest absolute Gasteiger partial charge is 0.465 e. The molecule has 2 atom stereocenters. The Kier molecular flexibility index (Phi) is 4.21. The molecule has 112 valence electrons. The van der Waals surface area contributed by atoms with E-state index < -0.39 is 22.8 Å². The number of hydrogen-bond acceptors (Lipinski definition) is 4. The fraction of sp³-hybridized carbons (Fsp3) is 0.750. The van der Waals surface area contributed by atoms with Gasteiger partial charge in [-0.3, -0.25) is 9.59 Å². The van der Waals surface area contributed by atoms with Gasteiger partial charge in [-0.05, 0) is 19.8 Å². The van der Waals surface area contributed by atoms with Gasteiger partial charge in [0.25, 0.3) is 0 Å². The van der Waals surface area contributed by atoms with Gasteiger partial charge in [0.15, 0.2) is 5.41 Å². The standard InChI is InChI=1S/C16H24O4/c1-4-8-15(9-5-2)10-7-12-11-20-14(18)16(12,15)13(17)19-6-3/h7,10,12H,4-6,8-9,11H2,1-3H3/t12-,16+/m0/s1. The van der Waals surface area contributed by atoms with Crippen LogP contribution in [-0.2, 0) is 19.1 Å². The minimum atomic E-state index is -1.14. The molecule has 1 aliphatic carbocycles. The first-order chi connectivity index (χ1) is 9.59. The number of allylic oxidation sites excluding steroid dienone is 1. The van der Waals surface area contributed by atoms with Gasteiger partial charge in [0, 0.05) is 11.3 Å². The molecule has 1 aliphatic heterocycles. The predicted molar refractivity (Wildman–Crippen MR) is 74.9 cm³/mol. The van der Waals surface area contributed by atoms with Crippen LogP contribution < -0.4 is 0 Å². The highest BCUT2D eigenvalue weighted by Crippen LogP contribution is 2.60. The van der Waals surface area contributed by atoms with Crippen molar-refractivity contribution in [2.24, 2.45) is 16.7 Å². The van der Waals surface area contributed by atoms with E-state index in [4.69, 9.17) is 9.47 Å². The van der Waals surface area contributed by atoms with Crippen molar-refractivity contribution in [3.05, 3.63) is 12.2 Å². The molecule has 0 N–H and O–H groups in total. The molecule has 0 spiro atoms. The number of ether oxygens (including phenoxy) is 2. The quantitative estimate of drug-likeness (QED) is 0.426. The Morgan fingerprint density at radius 3 is 2.55 bits per heavy atom. The maximum atomic E-state index is 12.7. The third kappa shape index (κ3) is 1.80. The van der Waals surface area contributed by atoms with Crippen LogP contribution in [0.1, 0.15) is 46.5 Å². The van der Waals surface area contributed by atoms with Crippen molar-refractivity contribution in [2.45, 2.75) is 46.5 Å². The summed E-state index contributed by atoms with van der Waals surface area (Å²) in [4.78, 5) is 25.2.